The van der Waals surface area contributed by atoms with Crippen LogP contribution in [0.15, 0.2) is 65.5 Å². The molecule has 6 heteroatoms. The van der Waals surface area contributed by atoms with Gasteiger partial charge in [0.1, 0.15) is 0 Å². The topological polar surface area (TPSA) is 64.5 Å². The minimum Gasteiger partial charge on any atom is -0.463 e. The van der Waals surface area contributed by atoms with Crippen LogP contribution in [0.3, 0.4) is 0 Å². The van der Waals surface area contributed by atoms with Gasteiger partial charge in [-0.25, -0.2) is 4.68 Å². The SMILES string of the molecule is O=C(NC[C@H](c1ccco1)[NH+]1CCCC1)c1ccc(-n2cccn2)cc1. The number of rotatable bonds is 6. The number of quaternary nitrogens is 1. The zero-order valence-electron chi connectivity index (χ0n) is 14.6. The van der Waals surface area contributed by atoms with E-state index in [2.05, 4.69) is 10.4 Å². The lowest BCUT2D eigenvalue weighted by Gasteiger charge is -2.23. The Labute approximate surface area is 152 Å². The zero-order valence-corrected chi connectivity index (χ0v) is 14.6. The summed E-state index contributed by atoms with van der Waals surface area (Å²) in [4.78, 5) is 14.0. The lowest BCUT2D eigenvalue weighted by molar-refractivity contribution is -0.919. The van der Waals surface area contributed by atoms with Crippen molar-refractivity contribution in [3.63, 3.8) is 0 Å². The minimum atomic E-state index is -0.0628. The van der Waals surface area contributed by atoms with Crippen molar-refractivity contribution in [1.82, 2.24) is 15.1 Å². The summed E-state index contributed by atoms with van der Waals surface area (Å²) in [5.74, 6) is 0.878. The molecule has 26 heavy (non-hydrogen) atoms. The quantitative estimate of drug-likeness (QED) is 0.709. The molecule has 0 bridgehead atoms. The third-order valence-corrected chi connectivity index (χ3v) is 4.99. The molecule has 1 atom stereocenters. The van der Waals surface area contributed by atoms with Crippen molar-refractivity contribution >= 4 is 5.91 Å². The van der Waals surface area contributed by atoms with Crippen LogP contribution in [0.2, 0.25) is 0 Å². The standard InChI is InChI=1S/C20H22N4O2/c25-20(16-6-8-17(9-7-16)24-13-4-10-22-24)21-15-18(19-5-3-14-26-19)23-11-1-2-12-23/h3-10,13-14,18H,1-2,11-12,15H2,(H,21,25)/p+1/t18-/m1/s1. The molecule has 134 valence electrons. The second-order valence-electron chi connectivity index (χ2n) is 6.64. The van der Waals surface area contributed by atoms with Gasteiger partial charge in [-0.05, 0) is 42.5 Å². The van der Waals surface area contributed by atoms with Crippen molar-refractivity contribution in [2.45, 2.75) is 18.9 Å². The number of hydrogen-bond acceptors (Lipinski definition) is 3. The summed E-state index contributed by atoms with van der Waals surface area (Å²) in [7, 11) is 0. The van der Waals surface area contributed by atoms with Gasteiger partial charge in [-0.1, -0.05) is 0 Å². The van der Waals surface area contributed by atoms with Gasteiger partial charge >= 0.3 is 0 Å². The van der Waals surface area contributed by atoms with Crippen LogP contribution in [-0.4, -0.2) is 35.3 Å². The van der Waals surface area contributed by atoms with E-state index in [1.165, 1.54) is 17.7 Å². The molecule has 3 heterocycles. The summed E-state index contributed by atoms with van der Waals surface area (Å²) in [5.41, 5.74) is 1.58. The highest BCUT2D eigenvalue weighted by Crippen LogP contribution is 2.12. The Bertz CT molecular complexity index is 819. The fraction of sp³-hybridized carbons (Fsp3) is 0.300. The molecule has 4 rings (SSSR count). The molecule has 0 saturated carbocycles. The fourth-order valence-electron chi connectivity index (χ4n) is 3.60. The van der Waals surface area contributed by atoms with Crippen molar-refractivity contribution in [2.24, 2.45) is 0 Å². The van der Waals surface area contributed by atoms with Gasteiger partial charge in [-0.15, -0.1) is 0 Å². The molecule has 1 aromatic carbocycles. The number of carbonyl (C=O) groups is 1. The smallest absolute Gasteiger partial charge is 0.251 e. The lowest BCUT2D eigenvalue weighted by atomic mass is 10.1. The number of nitrogens with one attached hydrogen (secondary N) is 2. The van der Waals surface area contributed by atoms with Gasteiger partial charge in [-0.2, -0.15) is 5.10 Å². The van der Waals surface area contributed by atoms with E-state index in [4.69, 9.17) is 4.42 Å². The highest BCUT2D eigenvalue weighted by molar-refractivity contribution is 5.94. The maximum Gasteiger partial charge on any atom is 0.251 e. The summed E-state index contributed by atoms with van der Waals surface area (Å²) in [6, 6.07) is 13.4. The van der Waals surface area contributed by atoms with Gasteiger partial charge in [0.15, 0.2) is 11.8 Å². The molecule has 1 fully saturated rings. The fourth-order valence-corrected chi connectivity index (χ4v) is 3.60. The molecule has 1 saturated heterocycles. The number of nitrogens with zero attached hydrogens (tertiary/aromatic N) is 2. The van der Waals surface area contributed by atoms with Crippen molar-refractivity contribution in [3.05, 3.63) is 72.4 Å². The Morgan fingerprint density at radius 3 is 2.65 bits per heavy atom. The van der Waals surface area contributed by atoms with Crippen LogP contribution in [0, 0.1) is 0 Å². The average molecular weight is 351 g/mol. The maximum absolute atomic E-state index is 12.6. The van der Waals surface area contributed by atoms with E-state index in [1.54, 1.807) is 17.1 Å². The molecular weight excluding hydrogens is 328 g/mol. The second kappa shape index (κ2) is 7.58. The van der Waals surface area contributed by atoms with E-state index < -0.39 is 0 Å². The van der Waals surface area contributed by atoms with E-state index in [0.29, 0.717) is 12.1 Å². The third kappa shape index (κ3) is 3.55. The number of aromatic nitrogens is 2. The molecule has 0 radical (unpaired) electrons. The van der Waals surface area contributed by atoms with E-state index in [9.17, 15) is 4.79 Å². The monoisotopic (exact) mass is 351 g/mol. The van der Waals surface area contributed by atoms with Crippen LogP contribution in [0.25, 0.3) is 5.69 Å². The van der Waals surface area contributed by atoms with Gasteiger partial charge in [0.25, 0.3) is 5.91 Å². The Kier molecular flexibility index (Phi) is 4.84. The zero-order chi connectivity index (χ0) is 17.8. The first kappa shape index (κ1) is 16.6. The summed E-state index contributed by atoms with van der Waals surface area (Å²) >= 11 is 0. The first-order valence-corrected chi connectivity index (χ1v) is 9.07. The number of likely N-dealkylation sites (tertiary alicyclic amines) is 1. The van der Waals surface area contributed by atoms with Gasteiger partial charge in [0.05, 0.1) is 31.6 Å². The molecule has 1 aliphatic rings. The van der Waals surface area contributed by atoms with Crippen LogP contribution < -0.4 is 10.2 Å². The predicted octanol–water partition coefficient (Wildman–Crippen LogP) is 1.62. The van der Waals surface area contributed by atoms with Crippen LogP contribution in [0.5, 0.6) is 0 Å². The highest BCUT2D eigenvalue weighted by Gasteiger charge is 2.29. The summed E-state index contributed by atoms with van der Waals surface area (Å²) < 4.78 is 7.39. The highest BCUT2D eigenvalue weighted by atomic mass is 16.3. The van der Waals surface area contributed by atoms with Crippen LogP contribution in [-0.2, 0) is 0 Å². The Morgan fingerprint density at radius 2 is 2.00 bits per heavy atom. The van der Waals surface area contributed by atoms with Gasteiger partial charge < -0.3 is 14.6 Å². The van der Waals surface area contributed by atoms with Crippen molar-refractivity contribution in [1.29, 1.82) is 0 Å². The van der Waals surface area contributed by atoms with Crippen molar-refractivity contribution in [3.8, 4) is 5.69 Å². The maximum atomic E-state index is 12.6. The van der Waals surface area contributed by atoms with E-state index in [0.717, 1.165) is 24.5 Å². The average Bonchev–Trinajstić information content (AvgIpc) is 3.45. The van der Waals surface area contributed by atoms with Gasteiger partial charge in [0, 0.05) is 30.8 Å². The Morgan fingerprint density at radius 1 is 1.19 bits per heavy atom. The summed E-state index contributed by atoms with van der Waals surface area (Å²) in [5, 5.41) is 7.27. The number of amides is 1. The summed E-state index contributed by atoms with van der Waals surface area (Å²) in [6.07, 6.45) is 7.77. The molecule has 2 aromatic heterocycles. The van der Waals surface area contributed by atoms with E-state index in [1.807, 2.05) is 48.7 Å². The first-order chi connectivity index (χ1) is 12.8. The number of benzene rings is 1. The number of furan rings is 1. The summed E-state index contributed by atoms with van der Waals surface area (Å²) in [6.45, 7) is 2.82. The van der Waals surface area contributed by atoms with Crippen molar-refractivity contribution < 1.29 is 14.1 Å². The molecule has 0 spiro atoms. The molecule has 1 aliphatic heterocycles. The Hall–Kier alpha value is -2.86. The molecule has 3 aromatic rings. The normalized spacial score (nSPS) is 15.8. The Balaban J connectivity index is 1.42. The molecule has 6 nitrogen and oxygen atoms in total. The van der Waals surface area contributed by atoms with Crippen molar-refractivity contribution in [2.75, 3.05) is 19.6 Å². The molecular formula is C20H23N4O2+. The number of hydrogen-bond donors (Lipinski definition) is 2. The lowest BCUT2D eigenvalue weighted by Crippen LogP contribution is -3.11. The third-order valence-electron chi connectivity index (χ3n) is 4.99. The van der Waals surface area contributed by atoms with Crippen LogP contribution in [0.1, 0.15) is 35.0 Å². The van der Waals surface area contributed by atoms with Gasteiger partial charge in [-0.3, -0.25) is 4.79 Å². The molecule has 1 amide bonds. The molecule has 2 N–H and O–H groups in total. The molecule has 0 unspecified atom stereocenters. The van der Waals surface area contributed by atoms with E-state index >= 15 is 0 Å². The first-order valence-electron chi connectivity index (χ1n) is 9.07. The van der Waals surface area contributed by atoms with Gasteiger partial charge in [0.2, 0.25) is 0 Å². The van der Waals surface area contributed by atoms with Crippen LogP contribution >= 0.6 is 0 Å². The predicted molar refractivity (Wildman–Crippen MR) is 97.3 cm³/mol. The van der Waals surface area contributed by atoms with Crippen LogP contribution in [0.4, 0.5) is 0 Å². The number of carbonyl (C=O) groups excluding carboxylic acids is 1. The molecule has 0 aliphatic carbocycles. The van der Waals surface area contributed by atoms with E-state index in [-0.39, 0.29) is 11.9 Å². The largest absolute Gasteiger partial charge is 0.463 e. The second-order valence-corrected chi connectivity index (χ2v) is 6.64. The minimum absolute atomic E-state index is 0.0628.